The van der Waals surface area contributed by atoms with Gasteiger partial charge in [0.2, 0.25) is 0 Å². The lowest BCUT2D eigenvalue weighted by Crippen LogP contribution is -2.30. The smallest absolute Gasteiger partial charge is 0.321 e. The molecule has 0 unspecified atom stereocenters. The van der Waals surface area contributed by atoms with Crippen molar-refractivity contribution in [2.45, 2.75) is 12.8 Å². The van der Waals surface area contributed by atoms with Gasteiger partial charge in [0.15, 0.2) is 5.13 Å². The monoisotopic (exact) mass is 305 g/mol. The van der Waals surface area contributed by atoms with Crippen molar-refractivity contribution >= 4 is 22.5 Å². The van der Waals surface area contributed by atoms with E-state index in [2.05, 4.69) is 27.8 Å². The number of carbonyl (C=O) groups excluding carboxylic acids is 1. The Kier molecular flexibility index (Phi) is 6.70. The zero-order valence-corrected chi connectivity index (χ0v) is 12.6. The van der Waals surface area contributed by atoms with E-state index in [1.807, 2.05) is 23.6 Å². The van der Waals surface area contributed by atoms with Crippen molar-refractivity contribution in [2.24, 2.45) is 0 Å². The summed E-state index contributed by atoms with van der Waals surface area (Å²) < 4.78 is 5.54. The van der Waals surface area contributed by atoms with Crippen LogP contribution in [-0.2, 0) is 11.2 Å². The number of amides is 2. The summed E-state index contributed by atoms with van der Waals surface area (Å²) in [6.45, 7) is 1.93. The molecule has 2 N–H and O–H groups in total. The van der Waals surface area contributed by atoms with Gasteiger partial charge in [-0.1, -0.05) is 30.3 Å². The standard InChI is InChI=1S/C15H19N3O2S/c19-14(18-15-17-9-12-21-15)16-8-4-10-20-11-7-13-5-2-1-3-6-13/h1-3,5-6,9,12H,4,7-8,10-11H2,(H2,16,17,18,19). The summed E-state index contributed by atoms with van der Waals surface area (Å²) in [5.74, 6) is 0. The first-order valence-corrected chi connectivity index (χ1v) is 7.78. The number of rotatable bonds is 8. The lowest BCUT2D eigenvalue weighted by molar-refractivity contribution is 0.135. The molecule has 21 heavy (non-hydrogen) atoms. The lowest BCUT2D eigenvalue weighted by atomic mass is 10.2. The zero-order chi connectivity index (χ0) is 14.8. The Balaban J connectivity index is 1.46. The summed E-state index contributed by atoms with van der Waals surface area (Å²) in [5.41, 5.74) is 1.28. The van der Waals surface area contributed by atoms with Crippen LogP contribution in [0.5, 0.6) is 0 Å². The first kappa shape index (κ1) is 15.5. The zero-order valence-electron chi connectivity index (χ0n) is 11.7. The summed E-state index contributed by atoms with van der Waals surface area (Å²) in [6, 6.07) is 10.0. The van der Waals surface area contributed by atoms with Crippen LogP contribution in [0.3, 0.4) is 0 Å². The number of benzene rings is 1. The van der Waals surface area contributed by atoms with Gasteiger partial charge in [0, 0.05) is 24.7 Å². The second-order valence-electron chi connectivity index (χ2n) is 4.42. The Morgan fingerprint density at radius 1 is 1.24 bits per heavy atom. The van der Waals surface area contributed by atoms with Crippen LogP contribution in [0.15, 0.2) is 41.9 Å². The lowest BCUT2D eigenvalue weighted by Gasteiger charge is -2.06. The van der Waals surface area contributed by atoms with Crippen molar-refractivity contribution in [3.63, 3.8) is 0 Å². The number of hydrogen-bond donors (Lipinski definition) is 2. The average molecular weight is 305 g/mol. The molecule has 0 aliphatic carbocycles. The maximum atomic E-state index is 11.5. The Morgan fingerprint density at radius 2 is 2.10 bits per heavy atom. The molecule has 0 aliphatic heterocycles. The molecule has 0 saturated heterocycles. The fourth-order valence-corrected chi connectivity index (χ4v) is 2.26. The third kappa shape index (κ3) is 6.37. The number of nitrogens with one attached hydrogen (secondary N) is 2. The van der Waals surface area contributed by atoms with Gasteiger partial charge in [-0.2, -0.15) is 0 Å². The van der Waals surface area contributed by atoms with Crippen LogP contribution in [0.2, 0.25) is 0 Å². The van der Waals surface area contributed by atoms with Crippen molar-refractivity contribution in [1.29, 1.82) is 0 Å². The number of thiazole rings is 1. The Hall–Kier alpha value is -1.92. The van der Waals surface area contributed by atoms with Gasteiger partial charge < -0.3 is 10.1 Å². The van der Waals surface area contributed by atoms with E-state index in [4.69, 9.17) is 4.74 Å². The van der Waals surface area contributed by atoms with Crippen molar-refractivity contribution in [2.75, 3.05) is 25.1 Å². The summed E-state index contributed by atoms with van der Waals surface area (Å²) in [7, 11) is 0. The molecule has 2 amide bonds. The topological polar surface area (TPSA) is 63.2 Å². The first-order valence-electron chi connectivity index (χ1n) is 6.90. The van der Waals surface area contributed by atoms with E-state index in [9.17, 15) is 4.79 Å². The van der Waals surface area contributed by atoms with Crippen molar-refractivity contribution < 1.29 is 9.53 Å². The van der Waals surface area contributed by atoms with Gasteiger partial charge in [-0.05, 0) is 18.4 Å². The van der Waals surface area contributed by atoms with E-state index in [-0.39, 0.29) is 6.03 Å². The van der Waals surface area contributed by atoms with Crippen molar-refractivity contribution in [1.82, 2.24) is 10.3 Å². The van der Waals surface area contributed by atoms with E-state index in [0.717, 1.165) is 12.8 Å². The van der Waals surface area contributed by atoms with Crippen molar-refractivity contribution in [3.05, 3.63) is 47.5 Å². The quantitative estimate of drug-likeness (QED) is 0.737. The average Bonchev–Trinajstić information content (AvgIpc) is 3.00. The minimum Gasteiger partial charge on any atom is -0.381 e. The van der Waals surface area contributed by atoms with Crippen molar-refractivity contribution in [3.8, 4) is 0 Å². The molecule has 0 saturated carbocycles. The maximum Gasteiger partial charge on any atom is 0.321 e. The molecule has 2 rings (SSSR count). The molecule has 2 aromatic rings. The molecule has 6 heteroatoms. The molecule has 0 atom stereocenters. The molecular weight excluding hydrogens is 286 g/mol. The molecule has 0 bridgehead atoms. The number of ether oxygens (including phenoxy) is 1. The highest BCUT2D eigenvalue weighted by molar-refractivity contribution is 7.13. The van der Waals surface area contributed by atoms with Crippen LogP contribution in [0.4, 0.5) is 9.93 Å². The third-order valence-corrected chi connectivity index (χ3v) is 3.47. The van der Waals surface area contributed by atoms with Crippen LogP contribution in [0, 0.1) is 0 Å². The summed E-state index contributed by atoms with van der Waals surface area (Å²) in [5, 5.41) is 7.85. The van der Waals surface area contributed by atoms with Crippen LogP contribution in [0.1, 0.15) is 12.0 Å². The van der Waals surface area contributed by atoms with Gasteiger partial charge in [0.1, 0.15) is 0 Å². The molecule has 1 aromatic heterocycles. The molecule has 0 aliphatic rings. The normalized spacial score (nSPS) is 10.3. The fraction of sp³-hybridized carbons (Fsp3) is 0.333. The van der Waals surface area contributed by atoms with Gasteiger partial charge in [0.05, 0.1) is 6.61 Å². The highest BCUT2D eigenvalue weighted by atomic mass is 32.1. The van der Waals surface area contributed by atoms with Gasteiger partial charge in [0.25, 0.3) is 0 Å². The van der Waals surface area contributed by atoms with Crippen LogP contribution in [0.25, 0.3) is 0 Å². The molecule has 0 fully saturated rings. The number of carbonyl (C=O) groups is 1. The largest absolute Gasteiger partial charge is 0.381 e. The van der Waals surface area contributed by atoms with E-state index in [0.29, 0.717) is 24.9 Å². The predicted molar refractivity (Wildman–Crippen MR) is 84.7 cm³/mol. The second kappa shape index (κ2) is 9.10. The van der Waals surface area contributed by atoms with Crippen LogP contribution < -0.4 is 10.6 Å². The molecule has 5 nitrogen and oxygen atoms in total. The van der Waals surface area contributed by atoms with E-state index in [1.54, 1.807) is 6.20 Å². The summed E-state index contributed by atoms with van der Waals surface area (Å²) in [4.78, 5) is 15.5. The summed E-state index contributed by atoms with van der Waals surface area (Å²) in [6.07, 6.45) is 3.36. The SMILES string of the molecule is O=C(NCCCOCCc1ccccc1)Nc1nccs1. The molecule has 112 valence electrons. The van der Waals surface area contributed by atoms with Gasteiger partial charge >= 0.3 is 6.03 Å². The first-order chi connectivity index (χ1) is 10.3. The Morgan fingerprint density at radius 3 is 2.86 bits per heavy atom. The molecule has 0 spiro atoms. The highest BCUT2D eigenvalue weighted by Crippen LogP contribution is 2.09. The number of nitrogens with zero attached hydrogens (tertiary/aromatic N) is 1. The minimum absolute atomic E-state index is 0.228. The van der Waals surface area contributed by atoms with Gasteiger partial charge in [-0.25, -0.2) is 9.78 Å². The molecule has 1 heterocycles. The molecule has 1 aromatic carbocycles. The Bertz CT molecular complexity index is 517. The van der Waals surface area contributed by atoms with Gasteiger partial charge in [-0.15, -0.1) is 11.3 Å². The number of hydrogen-bond acceptors (Lipinski definition) is 4. The Labute approximate surface area is 128 Å². The predicted octanol–water partition coefficient (Wildman–Crippen LogP) is 2.91. The maximum absolute atomic E-state index is 11.5. The van der Waals surface area contributed by atoms with E-state index >= 15 is 0 Å². The third-order valence-electron chi connectivity index (χ3n) is 2.78. The number of aromatic nitrogens is 1. The molecule has 0 radical (unpaired) electrons. The van der Waals surface area contributed by atoms with Gasteiger partial charge in [-0.3, -0.25) is 5.32 Å². The minimum atomic E-state index is -0.228. The highest BCUT2D eigenvalue weighted by Gasteiger charge is 2.01. The van der Waals surface area contributed by atoms with Crippen LogP contribution in [-0.4, -0.2) is 30.8 Å². The number of urea groups is 1. The number of anilines is 1. The fourth-order valence-electron chi connectivity index (χ4n) is 1.74. The van der Waals surface area contributed by atoms with E-state index < -0.39 is 0 Å². The van der Waals surface area contributed by atoms with Crippen LogP contribution >= 0.6 is 11.3 Å². The second-order valence-corrected chi connectivity index (χ2v) is 5.31. The van der Waals surface area contributed by atoms with E-state index in [1.165, 1.54) is 16.9 Å². The molecular formula is C15H19N3O2S. The summed E-state index contributed by atoms with van der Waals surface area (Å²) >= 11 is 1.39.